The number of cyclic esters (lactones) is 1. The maximum absolute atomic E-state index is 14.8. The van der Waals surface area contributed by atoms with E-state index in [1.165, 1.54) is 11.1 Å². The van der Waals surface area contributed by atoms with E-state index in [2.05, 4.69) is 10.6 Å². The predicted octanol–water partition coefficient (Wildman–Crippen LogP) is 2.33. The van der Waals surface area contributed by atoms with Gasteiger partial charge in [0.1, 0.15) is 36.4 Å². The predicted molar refractivity (Wildman–Crippen MR) is 197 cm³/mol. The highest BCUT2D eigenvalue weighted by atomic mass is 16.8. The van der Waals surface area contributed by atoms with E-state index < -0.39 is 77.0 Å². The molecule has 57 heavy (non-hydrogen) atoms. The SMILES string of the molecule is CC1(C)COC(=O)[C@@H]1OC(=O)C=Cc1ccccc1CN1O[C@@H]2[C@H]3OC(C4CC4)(C4CC4)O[C@H]3[C@H]3C[C@]2(C(=O)NCc2cccc(C(=O)NCCO)c2)[C@@H]1C(=O)O3. The van der Waals surface area contributed by atoms with Crippen molar-refractivity contribution < 1.29 is 57.6 Å². The molecule has 2 aromatic rings. The minimum Gasteiger partial charge on any atom is -0.462 e. The molecule has 15 heteroatoms. The molecule has 0 spiro atoms. The van der Waals surface area contributed by atoms with Crippen molar-refractivity contribution >= 4 is 35.8 Å². The quantitative estimate of drug-likeness (QED) is 0.153. The number of carbonyl (C=O) groups is 5. The molecule has 7 aliphatic rings. The largest absolute Gasteiger partial charge is 0.462 e. The second-order valence-electron chi connectivity index (χ2n) is 17.0. The van der Waals surface area contributed by atoms with Crippen LogP contribution in [0.1, 0.15) is 73.0 Å². The standard InChI is InChI=1S/C42H47N3O12/c1-40(2)22-52-38(50)35(40)54-30(47)15-10-24-7-3-4-8-26(24)21-45-33-37(49)53-29-19-41(33,39(51)44-20-23-6-5-9-25(18-23)36(48)43-16-17-46)34(57-45)32-31(29)55-42(56-32,27-11-12-27)28-13-14-28/h3-10,15,18,27-29,31-35,46H,11-14,16-17,19-22H2,1-2H3,(H,43,48)(H,44,51)/t29-,31+,32+,33+,34-,35+,41+/m1/s1. The Bertz CT molecular complexity index is 2000. The van der Waals surface area contributed by atoms with E-state index in [0.29, 0.717) is 22.3 Å². The number of rotatable bonds is 13. The number of ether oxygens (including phenoxy) is 5. The van der Waals surface area contributed by atoms with Gasteiger partial charge in [-0.15, -0.1) is 0 Å². The molecular formula is C42H47N3O12. The molecule has 302 valence electrons. The van der Waals surface area contributed by atoms with Crippen LogP contribution in [0.4, 0.5) is 0 Å². The van der Waals surface area contributed by atoms with E-state index in [1.807, 2.05) is 12.1 Å². The van der Waals surface area contributed by atoms with Gasteiger partial charge in [0, 0.05) is 48.4 Å². The molecule has 3 aliphatic carbocycles. The van der Waals surface area contributed by atoms with Gasteiger partial charge in [0.15, 0.2) is 11.8 Å². The summed E-state index contributed by atoms with van der Waals surface area (Å²) in [6, 6.07) is 13.0. The lowest BCUT2D eigenvalue weighted by Crippen LogP contribution is -2.69. The second kappa shape index (κ2) is 14.3. The van der Waals surface area contributed by atoms with Gasteiger partial charge in [-0.2, -0.15) is 5.06 Å². The Hall–Kier alpha value is -4.67. The van der Waals surface area contributed by atoms with Crippen molar-refractivity contribution in [1.29, 1.82) is 0 Å². The molecule has 0 unspecified atom stereocenters. The molecule has 0 aromatic heterocycles. The number of nitrogens with zero attached hydrogens (tertiary/aromatic N) is 1. The Morgan fingerprint density at radius 2 is 1.72 bits per heavy atom. The zero-order valence-corrected chi connectivity index (χ0v) is 31.8. The number of benzene rings is 2. The van der Waals surface area contributed by atoms with Crippen LogP contribution in [-0.2, 0) is 60.8 Å². The minimum atomic E-state index is -1.42. The number of hydroxylamine groups is 2. The van der Waals surface area contributed by atoms with Crippen LogP contribution in [0.5, 0.6) is 0 Å². The molecule has 4 aliphatic heterocycles. The average Bonchev–Trinajstić information content (AvgIpc) is 4.14. The summed E-state index contributed by atoms with van der Waals surface area (Å²) in [6.07, 6.45) is 2.93. The fourth-order valence-electron chi connectivity index (χ4n) is 9.36. The Morgan fingerprint density at radius 3 is 2.44 bits per heavy atom. The van der Waals surface area contributed by atoms with E-state index in [1.54, 1.807) is 56.3 Å². The number of amides is 2. The maximum Gasteiger partial charge on any atom is 0.348 e. The Balaban J connectivity index is 1.00. The van der Waals surface area contributed by atoms with E-state index in [-0.39, 0.29) is 57.0 Å². The maximum atomic E-state index is 14.8. The number of aliphatic hydroxyl groups excluding tert-OH is 1. The number of aliphatic hydroxyl groups is 1. The first-order chi connectivity index (χ1) is 27.4. The van der Waals surface area contributed by atoms with Crippen molar-refractivity contribution in [2.45, 2.75) is 101 Å². The number of nitrogens with one attached hydrogen (secondary N) is 2. The van der Waals surface area contributed by atoms with Crippen LogP contribution in [0.2, 0.25) is 0 Å². The first kappa shape index (κ1) is 37.9. The molecule has 7 fully saturated rings. The van der Waals surface area contributed by atoms with Gasteiger partial charge in [-0.3, -0.25) is 19.2 Å². The van der Waals surface area contributed by atoms with Crippen LogP contribution in [0.15, 0.2) is 54.6 Å². The summed E-state index contributed by atoms with van der Waals surface area (Å²) in [5.41, 5.74) is 0.283. The van der Waals surface area contributed by atoms with Gasteiger partial charge >= 0.3 is 17.9 Å². The third-order valence-corrected chi connectivity index (χ3v) is 12.5. The van der Waals surface area contributed by atoms with Gasteiger partial charge in [-0.1, -0.05) is 50.2 Å². The van der Waals surface area contributed by atoms with Crippen molar-refractivity contribution in [2.75, 3.05) is 19.8 Å². The van der Waals surface area contributed by atoms with Crippen LogP contribution >= 0.6 is 0 Å². The average molecular weight is 786 g/mol. The van der Waals surface area contributed by atoms with Gasteiger partial charge in [0.05, 0.1) is 13.2 Å². The fraction of sp³-hybridized carbons (Fsp3) is 0.548. The number of carbonyl (C=O) groups excluding carboxylic acids is 5. The molecule has 2 aromatic carbocycles. The molecule has 3 N–H and O–H groups in total. The van der Waals surface area contributed by atoms with Crippen LogP contribution in [-0.4, -0.2) is 102 Å². The van der Waals surface area contributed by atoms with Crippen molar-refractivity contribution in [3.05, 3.63) is 76.9 Å². The van der Waals surface area contributed by atoms with Gasteiger partial charge in [-0.25, -0.2) is 9.59 Å². The molecule has 3 saturated carbocycles. The molecule has 2 amide bonds. The number of fused-ring (bicyclic) bond motifs is 4. The second-order valence-corrected chi connectivity index (χ2v) is 17.0. The first-order valence-electron chi connectivity index (χ1n) is 19.8. The van der Waals surface area contributed by atoms with Gasteiger partial charge in [-0.05, 0) is 60.6 Å². The molecule has 15 nitrogen and oxygen atoms in total. The van der Waals surface area contributed by atoms with E-state index in [9.17, 15) is 24.0 Å². The van der Waals surface area contributed by atoms with Gasteiger partial charge in [0.2, 0.25) is 12.0 Å². The molecule has 9 rings (SSSR count). The highest BCUT2D eigenvalue weighted by molar-refractivity contribution is 5.95. The highest BCUT2D eigenvalue weighted by Gasteiger charge is 2.78. The third-order valence-electron chi connectivity index (χ3n) is 12.5. The van der Waals surface area contributed by atoms with Crippen LogP contribution in [0, 0.1) is 22.7 Å². The first-order valence-corrected chi connectivity index (χ1v) is 19.8. The molecule has 4 saturated heterocycles. The summed E-state index contributed by atoms with van der Waals surface area (Å²) >= 11 is 0. The Kier molecular flexibility index (Phi) is 9.51. The lowest BCUT2D eigenvalue weighted by Gasteiger charge is -2.48. The normalized spacial score (nSPS) is 32.1. The lowest BCUT2D eigenvalue weighted by molar-refractivity contribution is -0.235. The van der Waals surface area contributed by atoms with Crippen molar-refractivity contribution in [1.82, 2.24) is 15.7 Å². The Morgan fingerprint density at radius 1 is 0.965 bits per heavy atom. The molecular weight excluding hydrogens is 738 g/mol. The minimum absolute atomic E-state index is 0.0487. The van der Waals surface area contributed by atoms with Crippen LogP contribution < -0.4 is 10.6 Å². The number of hydrogen-bond acceptors (Lipinski definition) is 13. The fourth-order valence-corrected chi connectivity index (χ4v) is 9.36. The van der Waals surface area contributed by atoms with E-state index >= 15 is 0 Å². The molecule has 2 bridgehead atoms. The molecule has 7 atom stereocenters. The van der Waals surface area contributed by atoms with E-state index in [0.717, 1.165) is 25.7 Å². The van der Waals surface area contributed by atoms with Crippen LogP contribution in [0.25, 0.3) is 6.08 Å². The summed E-state index contributed by atoms with van der Waals surface area (Å²) in [4.78, 5) is 73.6. The van der Waals surface area contributed by atoms with Crippen molar-refractivity contribution in [3.8, 4) is 0 Å². The van der Waals surface area contributed by atoms with E-state index in [4.69, 9.17) is 33.6 Å². The summed E-state index contributed by atoms with van der Waals surface area (Å²) < 4.78 is 30.5. The van der Waals surface area contributed by atoms with Crippen LogP contribution in [0.3, 0.4) is 0 Å². The lowest BCUT2D eigenvalue weighted by atomic mass is 9.62. The number of esters is 3. The van der Waals surface area contributed by atoms with Gasteiger partial charge < -0.3 is 39.4 Å². The third kappa shape index (κ3) is 6.62. The highest BCUT2D eigenvalue weighted by Crippen LogP contribution is 2.63. The van der Waals surface area contributed by atoms with Gasteiger partial charge in [0.25, 0.3) is 5.91 Å². The van der Waals surface area contributed by atoms with Crippen molar-refractivity contribution in [3.63, 3.8) is 0 Å². The zero-order valence-electron chi connectivity index (χ0n) is 31.8. The number of hydrogen-bond donors (Lipinski definition) is 3. The smallest absolute Gasteiger partial charge is 0.348 e. The summed E-state index contributed by atoms with van der Waals surface area (Å²) in [5.74, 6) is -3.02. The summed E-state index contributed by atoms with van der Waals surface area (Å²) in [5, 5.41) is 16.4. The topological polar surface area (TPSA) is 188 Å². The zero-order chi connectivity index (χ0) is 39.7. The summed E-state index contributed by atoms with van der Waals surface area (Å²) in [7, 11) is 0. The molecule has 0 radical (unpaired) electrons. The summed E-state index contributed by atoms with van der Waals surface area (Å²) in [6.45, 7) is 3.76. The molecule has 4 heterocycles. The van der Waals surface area contributed by atoms with Crippen molar-refractivity contribution in [2.24, 2.45) is 22.7 Å². The Labute approximate surface area is 329 Å². The monoisotopic (exact) mass is 785 g/mol.